The Morgan fingerprint density at radius 2 is 1.90 bits per heavy atom. The lowest BCUT2D eigenvalue weighted by atomic mass is 9.95. The van der Waals surface area contributed by atoms with Crippen LogP contribution in [-0.4, -0.2) is 6.54 Å². The van der Waals surface area contributed by atoms with E-state index in [0.717, 1.165) is 6.54 Å². The minimum atomic E-state index is 0.449. The molecular formula is C17H19Br2NS. The summed E-state index contributed by atoms with van der Waals surface area (Å²) >= 11 is 9.10. The maximum atomic E-state index is 3.77. The fourth-order valence-corrected chi connectivity index (χ4v) is 5.40. The molecule has 4 heteroatoms. The highest BCUT2D eigenvalue weighted by Gasteiger charge is 2.30. The van der Waals surface area contributed by atoms with Crippen molar-refractivity contribution in [3.63, 3.8) is 0 Å². The van der Waals surface area contributed by atoms with Crippen LogP contribution >= 0.6 is 43.2 Å². The van der Waals surface area contributed by atoms with Crippen LogP contribution in [0, 0.1) is 5.92 Å². The number of hydrogen-bond donors (Lipinski definition) is 1. The zero-order valence-electron chi connectivity index (χ0n) is 12.0. The van der Waals surface area contributed by atoms with Crippen molar-refractivity contribution in [2.45, 2.75) is 32.2 Å². The van der Waals surface area contributed by atoms with E-state index < -0.39 is 0 Å². The van der Waals surface area contributed by atoms with Crippen LogP contribution in [0.25, 0.3) is 0 Å². The van der Waals surface area contributed by atoms with Crippen LogP contribution in [0.15, 0.2) is 38.6 Å². The van der Waals surface area contributed by atoms with E-state index in [1.807, 2.05) is 11.3 Å². The number of fused-ring (bicyclic) bond motifs is 1. The average Bonchev–Trinajstić information content (AvgIpc) is 3.04. The van der Waals surface area contributed by atoms with Gasteiger partial charge >= 0.3 is 0 Å². The molecule has 0 amide bonds. The Bertz CT molecular complexity index is 579. The van der Waals surface area contributed by atoms with Crippen molar-refractivity contribution < 1.29 is 0 Å². The van der Waals surface area contributed by atoms with Crippen LogP contribution in [0.2, 0.25) is 0 Å². The predicted molar refractivity (Wildman–Crippen MR) is 98.1 cm³/mol. The summed E-state index contributed by atoms with van der Waals surface area (Å²) in [4.78, 5) is 1.43. The first-order chi connectivity index (χ1) is 10.2. The van der Waals surface area contributed by atoms with Crippen molar-refractivity contribution >= 4 is 43.2 Å². The Morgan fingerprint density at radius 1 is 1.24 bits per heavy atom. The van der Waals surface area contributed by atoms with Crippen LogP contribution in [0.1, 0.15) is 35.4 Å². The molecule has 1 nitrogen and oxygen atoms in total. The van der Waals surface area contributed by atoms with Crippen LogP contribution < -0.4 is 5.32 Å². The Morgan fingerprint density at radius 3 is 2.43 bits per heavy atom. The molecule has 1 aromatic heterocycles. The molecule has 3 rings (SSSR count). The van der Waals surface area contributed by atoms with E-state index in [1.54, 1.807) is 0 Å². The molecule has 2 aromatic rings. The number of hydrogen-bond acceptors (Lipinski definition) is 2. The van der Waals surface area contributed by atoms with Crippen molar-refractivity contribution in [2.75, 3.05) is 6.54 Å². The summed E-state index contributed by atoms with van der Waals surface area (Å²) in [6, 6.07) is 11.6. The van der Waals surface area contributed by atoms with E-state index in [9.17, 15) is 0 Å². The van der Waals surface area contributed by atoms with Gasteiger partial charge in [0.2, 0.25) is 0 Å². The smallest absolute Gasteiger partial charge is 0.0843 e. The summed E-state index contributed by atoms with van der Waals surface area (Å²) in [6.07, 6.45) is 3.54. The van der Waals surface area contributed by atoms with E-state index in [1.165, 1.54) is 43.5 Å². The Kier molecular flexibility index (Phi) is 5.20. The Balaban J connectivity index is 1.84. The maximum Gasteiger partial charge on any atom is 0.0843 e. The molecule has 112 valence electrons. The Hall–Kier alpha value is -0.160. The number of halogens is 2. The first kappa shape index (κ1) is 15.7. The van der Waals surface area contributed by atoms with Crippen LogP contribution in [0.4, 0.5) is 0 Å². The van der Waals surface area contributed by atoms with Gasteiger partial charge in [-0.15, -0.1) is 11.3 Å². The molecule has 0 saturated heterocycles. The monoisotopic (exact) mass is 427 g/mol. The van der Waals surface area contributed by atoms with Crippen LogP contribution in [0.3, 0.4) is 0 Å². The molecule has 1 heterocycles. The van der Waals surface area contributed by atoms with Crippen molar-refractivity contribution in [2.24, 2.45) is 5.92 Å². The number of thiophene rings is 1. The molecule has 21 heavy (non-hydrogen) atoms. The highest BCUT2D eigenvalue weighted by atomic mass is 79.9. The first-order valence-electron chi connectivity index (χ1n) is 7.44. The molecule has 0 fully saturated rings. The van der Waals surface area contributed by atoms with Gasteiger partial charge in [0.1, 0.15) is 0 Å². The molecule has 1 aliphatic carbocycles. The quantitative estimate of drug-likeness (QED) is 0.641. The third kappa shape index (κ3) is 3.44. The highest BCUT2D eigenvalue weighted by Crippen LogP contribution is 2.41. The molecule has 1 atom stereocenters. The van der Waals surface area contributed by atoms with Gasteiger partial charge in [-0.05, 0) is 80.8 Å². The molecule has 1 aromatic carbocycles. The molecule has 1 aliphatic rings. The standard InChI is InChI=1S/C17H19Br2NS/c1-2-7-20-16(15-10-14(18)17(19)21-15)13-8-11-5-3-4-6-12(11)9-13/h3-6,10,13,16,20H,2,7-9H2,1H3. The summed E-state index contributed by atoms with van der Waals surface area (Å²) in [6.45, 7) is 3.30. The lowest BCUT2D eigenvalue weighted by Crippen LogP contribution is -2.28. The second-order valence-electron chi connectivity index (χ2n) is 5.64. The van der Waals surface area contributed by atoms with E-state index in [-0.39, 0.29) is 0 Å². The molecule has 0 spiro atoms. The van der Waals surface area contributed by atoms with Gasteiger partial charge in [0, 0.05) is 15.4 Å². The minimum absolute atomic E-state index is 0.449. The van der Waals surface area contributed by atoms with Gasteiger partial charge in [0.25, 0.3) is 0 Å². The van der Waals surface area contributed by atoms with Crippen LogP contribution in [0.5, 0.6) is 0 Å². The van der Waals surface area contributed by atoms with Crippen molar-refractivity contribution in [1.82, 2.24) is 5.32 Å². The van der Waals surface area contributed by atoms with Crippen LogP contribution in [-0.2, 0) is 12.8 Å². The third-order valence-corrected chi connectivity index (χ3v) is 7.48. The number of nitrogens with one attached hydrogen (secondary N) is 1. The summed E-state index contributed by atoms with van der Waals surface area (Å²) in [7, 11) is 0. The van der Waals surface area contributed by atoms with Gasteiger partial charge in [-0.2, -0.15) is 0 Å². The van der Waals surface area contributed by atoms with Gasteiger partial charge in [0.15, 0.2) is 0 Å². The summed E-state index contributed by atoms with van der Waals surface area (Å²) in [5, 5.41) is 3.77. The Labute approximate surface area is 147 Å². The lowest BCUT2D eigenvalue weighted by molar-refractivity contribution is 0.379. The first-order valence-corrected chi connectivity index (χ1v) is 9.84. The predicted octanol–water partition coefficient (Wildman–Crippen LogP) is 5.73. The van der Waals surface area contributed by atoms with Gasteiger partial charge in [-0.3, -0.25) is 0 Å². The second-order valence-corrected chi connectivity index (χ2v) is 8.90. The van der Waals surface area contributed by atoms with Crippen molar-refractivity contribution in [3.05, 3.63) is 54.6 Å². The van der Waals surface area contributed by atoms with Crippen molar-refractivity contribution in [1.29, 1.82) is 0 Å². The van der Waals surface area contributed by atoms with Gasteiger partial charge in [-0.1, -0.05) is 31.2 Å². The fourth-order valence-electron chi connectivity index (χ4n) is 3.14. The second kappa shape index (κ2) is 6.95. The number of benzene rings is 1. The largest absolute Gasteiger partial charge is 0.309 e. The SMILES string of the molecule is CCCNC(c1cc(Br)c(Br)s1)C1Cc2ccccc2C1. The topological polar surface area (TPSA) is 12.0 Å². The zero-order chi connectivity index (χ0) is 14.8. The minimum Gasteiger partial charge on any atom is -0.309 e. The summed E-state index contributed by atoms with van der Waals surface area (Å²) in [5.74, 6) is 0.659. The maximum absolute atomic E-state index is 3.77. The van der Waals surface area contributed by atoms with Crippen molar-refractivity contribution in [3.8, 4) is 0 Å². The molecule has 0 aliphatic heterocycles. The van der Waals surface area contributed by atoms with E-state index in [0.29, 0.717) is 12.0 Å². The van der Waals surface area contributed by atoms with Gasteiger partial charge in [-0.25, -0.2) is 0 Å². The molecule has 1 N–H and O–H groups in total. The zero-order valence-corrected chi connectivity index (χ0v) is 16.0. The van der Waals surface area contributed by atoms with Gasteiger partial charge in [0.05, 0.1) is 3.79 Å². The average molecular weight is 429 g/mol. The molecule has 0 saturated carbocycles. The summed E-state index contributed by atoms with van der Waals surface area (Å²) in [5.41, 5.74) is 3.06. The van der Waals surface area contributed by atoms with E-state index in [2.05, 4.69) is 74.4 Å². The molecule has 0 radical (unpaired) electrons. The lowest BCUT2D eigenvalue weighted by Gasteiger charge is -2.23. The van der Waals surface area contributed by atoms with E-state index >= 15 is 0 Å². The van der Waals surface area contributed by atoms with E-state index in [4.69, 9.17) is 0 Å². The molecule has 0 bridgehead atoms. The van der Waals surface area contributed by atoms with Gasteiger partial charge < -0.3 is 5.32 Å². The molecule has 1 unspecified atom stereocenters. The fraction of sp³-hybridized carbons (Fsp3) is 0.412. The highest BCUT2D eigenvalue weighted by molar-refractivity contribution is 9.13. The number of rotatable bonds is 5. The third-order valence-electron chi connectivity index (χ3n) is 4.14. The summed E-state index contributed by atoms with van der Waals surface area (Å²) < 4.78 is 2.36. The molecular weight excluding hydrogens is 410 g/mol. The normalized spacial score (nSPS) is 16.1.